The van der Waals surface area contributed by atoms with Gasteiger partial charge >= 0.3 is 0 Å². The summed E-state index contributed by atoms with van der Waals surface area (Å²) in [5.41, 5.74) is 6.40. The Morgan fingerprint density at radius 1 is 0.559 bits per heavy atom. The minimum atomic E-state index is 0.252. The Kier molecular flexibility index (Phi) is 4.59. The molecule has 16 radical (unpaired) electrons. The van der Waals surface area contributed by atoms with E-state index in [9.17, 15) is 0 Å². The van der Waals surface area contributed by atoms with E-state index in [0.717, 1.165) is 32.9 Å². The molecule has 0 spiro atoms. The second-order valence-corrected chi connectivity index (χ2v) is 8.49. The van der Waals surface area contributed by atoms with Crippen LogP contribution in [0.2, 0.25) is 0 Å². The van der Waals surface area contributed by atoms with Crippen LogP contribution in [0.1, 0.15) is 0 Å². The Morgan fingerprint density at radius 3 is 1.91 bits per heavy atom. The van der Waals surface area contributed by atoms with Crippen molar-refractivity contribution in [1.29, 1.82) is 0 Å². The number of hydrogen-bond donors (Lipinski definition) is 1. The van der Waals surface area contributed by atoms with Crippen LogP contribution in [-0.2, 0) is 0 Å². The summed E-state index contributed by atoms with van der Waals surface area (Å²) in [4.78, 5) is 3.31. The summed E-state index contributed by atoms with van der Waals surface area (Å²) in [6.07, 6.45) is 0. The number of rotatable bonds is 1. The minimum Gasteiger partial charge on any atom is -0.355 e. The molecule has 0 saturated carbocycles. The first-order chi connectivity index (χ1) is 16.2. The lowest BCUT2D eigenvalue weighted by atomic mass is 9.65. The normalized spacial score (nSPS) is 11.9. The van der Waals surface area contributed by atoms with E-state index in [4.69, 9.17) is 62.8 Å². The Bertz CT molecular complexity index is 1850. The van der Waals surface area contributed by atoms with Gasteiger partial charge in [0.2, 0.25) is 0 Å². The first kappa shape index (κ1) is 21.5. The summed E-state index contributed by atoms with van der Waals surface area (Å²) in [5.74, 6) is 0. The van der Waals surface area contributed by atoms with Crippen LogP contribution in [0.25, 0.3) is 49.3 Å². The molecule has 2 nitrogen and oxygen atoms in total. The molecule has 10 heteroatoms. The van der Waals surface area contributed by atoms with Gasteiger partial charge in [0.25, 0.3) is 0 Å². The molecule has 0 atom stereocenters. The molecular formula is C24H8B8N2. The lowest BCUT2D eigenvalue weighted by Crippen LogP contribution is -2.48. The summed E-state index contributed by atoms with van der Waals surface area (Å²) in [5, 5.41) is 3.20. The predicted octanol–water partition coefficient (Wildman–Crippen LogP) is -3.23. The monoisotopic (exact) mass is 412 g/mol. The van der Waals surface area contributed by atoms with Crippen LogP contribution < -0.4 is 43.7 Å². The second-order valence-electron chi connectivity index (χ2n) is 8.49. The molecule has 0 bridgehead atoms. The van der Waals surface area contributed by atoms with Gasteiger partial charge in [-0.25, -0.2) is 0 Å². The number of hydrogen-bond acceptors (Lipinski definition) is 0. The van der Waals surface area contributed by atoms with Gasteiger partial charge in [-0.05, 0) is 35.0 Å². The molecule has 2 aromatic heterocycles. The third-order valence-corrected chi connectivity index (χ3v) is 6.72. The average molecular weight is 411 g/mol. The Labute approximate surface area is 207 Å². The van der Waals surface area contributed by atoms with Gasteiger partial charge in [-0.1, -0.05) is 40.1 Å². The number of H-pyrrole nitrogens is 1. The topological polar surface area (TPSA) is 20.7 Å². The zero-order valence-electron chi connectivity index (χ0n) is 18.1. The van der Waals surface area contributed by atoms with Crippen LogP contribution in [0.4, 0.5) is 0 Å². The van der Waals surface area contributed by atoms with Crippen molar-refractivity contribution in [2.45, 2.75) is 0 Å². The van der Waals surface area contributed by atoms with E-state index in [1.54, 1.807) is 0 Å². The summed E-state index contributed by atoms with van der Waals surface area (Å²) in [7, 11) is 50.2. The number of aromatic nitrogens is 2. The van der Waals surface area contributed by atoms with Crippen LogP contribution in [0, 0.1) is 0 Å². The van der Waals surface area contributed by atoms with Crippen LogP contribution in [-0.4, -0.2) is 72.3 Å². The highest BCUT2D eigenvalue weighted by atomic mass is 15.0. The van der Waals surface area contributed by atoms with Gasteiger partial charge in [0.1, 0.15) is 62.8 Å². The SMILES string of the molecule is [B]c1c([B])c([B])c2c([nH]c3ccc(-n4c5ccccc5c5c([B])c([B])c([B])c([B])c54)cc32)c1[B]. The van der Waals surface area contributed by atoms with Gasteiger partial charge in [0.05, 0.1) is 5.52 Å². The predicted molar refractivity (Wildman–Crippen MR) is 153 cm³/mol. The number of fused-ring (bicyclic) bond motifs is 6. The van der Waals surface area contributed by atoms with E-state index in [-0.39, 0.29) is 21.9 Å². The maximum absolute atomic E-state index is 6.50. The fourth-order valence-corrected chi connectivity index (χ4v) is 4.95. The van der Waals surface area contributed by atoms with Crippen molar-refractivity contribution in [3.63, 3.8) is 0 Å². The van der Waals surface area contributed by atoms with Gasteiger partial charge in [-0.3, -0.25) is 0 Å². The smallest absolute Gasteiger partial charge is 0.115 e. The van der Waals surface area contributed by atoms with E-state index in [2.05, 4.69) is 4.98 Å². The van der Waals surface area contributed by atoms with Crippen molar-refractivity contribution in [3.8, 4) is 5.69 Å². The quantitative estimate of drug-likeness (QED) is 0.275. The molecule has 2 heterocycles. The summed E-state index contributed by atoms with van der Waals surface area (Å²) in [6, 6.07) is 13.8. The van der Waals surface area contributed by atoms with Gasteiger partial charge < -0.3 is 9.55 Å². The maximum atomic E-state index is 6.50. The lowest BCUT2D eigenvalue weighted by molar-refractivity contribution is 1.19. The first-order valence-corrected chi connectivity index (χ1v) is 10.5. The van der Waals surface area contributed by atoms with E-state index in [1.807, 2.05) is 47.0 Å². The van der Waals surface area contributed by atoms with Gasteiger partial charge in [-0.15, -0.1) is 21.9 Å². The molecule has 1 N–H and O–H groups in total. The Balaban J connectivity index is 1.80. The average Bonchev–Trinajstić information content (AvgIpc) is 3.39. The van der Waals surface area contributed by atoms with Crippen molar-refractivity contribution in [3.05, 3.63) is 42.5 Å². The van der Waals surface area contributed by atoms with Crippen molar-refractivity contribution in [2.24, 2.45) is 0 Å². The molecule has 4 aromatic carbocycles. The molecule has 0 aliphatic rings. The number of nitrogens with one attached hydrogen (secondary N) is 1. The highest BCUT2D eigenvalue weighted by Gasteiger charge is 2.19. The molecule has 0 amide bonds. The molecule has 138 valence electrons. The van der Waals surface area contributed by atoms with E-state index in [0.29, 0.717) is 38.3 Å². The third kappa shape index (κ3) is 2.63. The fourth-order valence-electron chi connectivity index (χ4n) is 4.95. The lowest BCUT2D eigenvalue weighted by Gasteiger charge is -2.16. The van der Waals surface area contributed by atoms with Gasteiger partial charge in [-0.2, -0.15) is 0 Å². The molecule has 0 aliphatic heterocycles. The minimum absolute atomic E-state index is 0.252. The van der Waals surface area contributed by atoms with Crippen LogP contribution in [0.5, 0.6) is 0 Å². The van der Waals surface area contributed by atoms with Crippen LogP contribution >= 0.6 is 0 Å². The molecule has 0 unspecified atom stereocenters. The zero-order chi connectivity index (χ0) is 24.0. The Morgan fingerprint density at radius 2 is 1.18 bits per heavy atom. The van der Waals surface area contributed by atoms with Crippen LogP contribution in [0.15, 0.2) is 42.5 Å². The largest absolute Gasteiger partial charge is 0.355 e. The van der Waals surface area contributed by atoms with Crippen molar-refractivity contribution < 1.29 is 0 Å². The molecule has 0 saturated heterocycles. The molecule has 34 heavy (non-hydrogen) atoms. The number of benzene rings is 4. The highest BCUT2D eigenvalue weighted by Crippen LogP contribution is 2.32. The third-order valence-electron chi connectivity index (χ3n) is 6.72. The van der Waals surface area contributed by atoms with E-state index >= 15 is 0 Å². The van der Waals surface area contributed by atoms with Gasteiger partial charge in [0, 0.05) is 33.0 Å². The van der Waals surface area contributed by atoms with Gasteiger partial charge in [0.15, 0.2) is 0 Å². The Hall–Kier alpha value is -3.00. The summed E-state index contributed by atoms with van der Waals surface area (Å²) in [6.45, 7) is 0. The van der Waals surface area contributed by atoms with E-state index < -0.39 is 0 Å². The number of nitrogens with zero attached hydrogens (tertiary/aromatic N) is 1. The fraction of sp³-hybridized carbons (Fsp3) is 0. The standard InChI is InChI=1S/C24H8B8N2/c25-15-13-10-7-8(5-6-11(10)33-23(13)21(31)19(29)17(15)27)34-12-4-2-1-3-9(12)14-16(26)18(28)20(30)22(32)24(14)34/h1-7,33H. The second kappa shape index (κ2) is 7.25. The first-order valence-electron chi connectivity index (χ1n) is 10.5. The summed E-state index contributed by atoms with van der Waals surface area (Å²) >= 11 is 0. The summed E-state index contributed by atoms with van der Waals surface area (Å²) < 4.78 is 2.02. The molecule has 6 rings (SSSR count). The van der Waals surface area contributed by atoms with E-state index in [1.165, 1.54) is 0 Å². The van der Waals surface area contributed by atoms with Crippen molar-refractivity contribution in [2.75, 3.05) is 0 Å². The molecule has 0 fully saturated rings. The molecule has 0 aliphatic carbocycles. The van der Waals surface area contributed by atoms with Crippen molar-refractivity contribution >= 4 is 150 Å². The molecular weight excluding hydrogens is 403 g/mol. The maximum Gasteiger partial charge on any atom is 0.115 e. The zero-order valence-corrected chi connectivity index (χ0v) is 18.1. The highest BCUT2D eigenvalue weighted by molar-refractivity contribution is 6.68. The number of aromatic amines is 1. The molecule has 6 aromatic rings. The number of para-hydroxylation sites is 1. The van der Waals surface area contributed by atoms with Crippen LogP contribution in [0.3, 0.4) is 0 Å². The van der Waals surface area contributed by atoms with Crippen molar-refractivity contribution in [1.82, 2.24) is 9.55 Å².